The molecule has 0 fully saturated rings. The zero-order valence-electron chi connectivity index (χ0n) is 10.2. The number of hydrogen-bond donors (Lipinski definition) is 0. The fraction of sp³-hybridized carbons (Fsp3) is 0.133. The quantitative estimate of drug-likeness (QED) is 0.638. The van der Waals surface area contributed by atoms with E-state index >= 15 is 0 Å². The lowest BCUT2D eigenvalue weighted by Gasteiger charge is -1.93. The molecule has 3 nitrogen and oxygen atoms in total. The van der Waals surface area contributed by atoms with Crippen molar-refractivity contribution in [3.8, 4) is 0 Å². The van der Waals surface area contributed by atoms with Crippen LogP contribution in [0.4, 0.5) is 0 Å². The second kappa shape index (κ2) is 3.88. The van der Waals surface area contributed by atoms with Crippen LogP contribution < -0.4 is 0 Å². The molecule has 90 valence electrons. The summed E-state index contributed by atoms with van der Waals surface area (Å²) in [5, 5.41) is 0.929. The van der Waals surface area contributed by atoms with Crippen LogP contribution in [0.3, 0.4) is 0 Å². The Morgan fingerprint density at radius 1 is 1.06 bits per heavy atom. The van der Waals surface area contributed by atoms with Gasteiger partial charge in [0.1, 0.15) is 17.1 Å². The van der Waals surface area contributed by atoms with Gasteiger partial charge in [-0.2, -0.15) is 0 Å². The molecule has 0 N–H and O–H groups in total. The molecule has 3 heteroatoms. The number of fused-ring (bicyclic) bond motifs is 1. The number of para-hydroxylation sites is 1. The minimum atomic E-state index is -0.138. The molecule has 2 aromatic heterocycles. The lowest BCUT2D eigenvalue weighted by molar-refractivity contribution is 0.101. The van der Waals surface area contributed by atoms with Crippen LogP contribution in [0.2, 0.25) is 0 Å². The molecule has 0 amide bonds. The molecule has 0 radical (unpaired) electrons. The van der Waals surface area contributed by atoms with Gasteiger partial charge in [-0.15, -0.1) is 0 Å². The molecular weight excluding hydrogens is 228 g/mol. The van der Waals surface area contributed by atoms with Gasteiger partial charge in [-0.05, 0) is 32.0 Å². The first-order chi connectivity index (χ1) is 8.65. The number of carbonyl (C=O) groups is 1. The molecule has 0 aliphatic rings. The molecule has 2 heterocycles. The van der Waals surface area contributed by atoms with Gasteiger partial charge < -0.3 is 8.83 Å². The van der Waals surface area contributed by atoms with Gasteiger partial charge in [0.25, 0.3) is 0 Å². The summed E-state index contributed by atoms with van der Waals surface area (Å²) in [5.41, 5.74) is 1.28. The van der Waals surface area contributed by atoms with Crippen molar-refractivity contribution >= 4 is 16.8 Å². The number of benzene rings is 1. The van der Waals surface area contributed by atoms with Crippen molar-refractivity contribution in [1.82, 2.24) is 0 Å². The normalized spacial score (nSPS) is 11.0. The fourth-order valence-corrected chi connectivity index (χ4v) is 2.08. The van der Waals surface area contributed by atoms with Gasteiger partial charge >= 0.3 is 0 Å². The Labute approximate surface area is 104 Å². The molecule has 0 saturated carbocycles. The summed E-state index contributed by atoms with van der Waals surface area (Å²) in [7, 11) is 0. The molecule has 0 spiro atoms. The molecule has 0 saturated heterocycles. The number of rotatable bonds is 2. The van der Waals surface area contributed by atoms with Crippen LogP contribution in [0.25, 0.3) is 11.0 Å². The number of furan rings is 2. The van der Waals surface area contributed by atoms with Crippen molar-refractivity contribution in [2.75, 3.05) is 0 Å². The molecule has 0 aliphatic carbocycles. The summed E-state index contributed by atoms with van der Waals surface area (Å²) >= 11 is 0. The van der Waals surface area contributed by atoms with Crippen molar-refractivity contribution in [3.05, 3.63) is 59.2 Å². The predicted octanol–water partition coefficient (Wildman–Crippen LogP) is 3.87. The van der Waals surface area contributed by atoms with Crippen LogP contribution >= 0.6 is 0 Å². The van der Waals surface area contributed by atoms with E-state index in [1.807, 2.05) is 31.2 Å². The minimum absolute atomic E-state index is 0.138. The third-order valence-corrected chi connectivity index (χ3v) is 2.93. The van der Waals surface area contributed by atoms with Gasteiger partial charge in [-0.25, -0.2) is 0 Å². The van der Waals surface area contributed by atoms with E-state index < -0.39 is 0 Å². The first-order valence-electron chi connectivity index (χ1n) is 5.75. The Morgan fingerprint density at radius 3 is 2.50 bits per heavy atom. The van der Waals surface area contributed by atoms with Crippen molar-refractivity contribution in [2.24, 2.45) is 0 Å². The molecule has 0 bridgehead atoms. The predicted molar refractivity (Wildman–Crippen MR) is 67.8 cm³/mol. The van der Waals surface area contributed by atoms with E-state index in [1.165, 1.54) is 0 Å². The lowest BCUT2D eigenvalue weighted by Crippen LogP contribution is -1.99. The number of ketones is 1. The molecule has 3 rings (SSSR count). The lowest BCUT2D eigenvalue weighted by atomic mass is 10.1. The Balaban J connectivity index is 2.09. The zero-order valence-corrected chi connectivity index (χ0v) is 10.2. The van der Waals surface area contributed by atoms with E-state index in [9.17, 15) is 4.79 Å². The van der Waals surface area contributed by atoms with Gasteiger partial charge in [-0.1, -0.05) is 18.2 Å². The van der Waals surface area contributed by atoms with Gasteiger partial charge in [0.2, 0.25) is 5.78 Å². The summed E-state index contributed by atoms with van der Waals surface area (Å²) in [6, 6.07) is 11.1. The van der Waals surface area contributed by atoms with E-state index in [1.54, 1.807) is 19.1 Å². The Bertz CT molecular complexity index is 698. The Kier molecular flexibility index (Phi) is 2.33. The fourth-order valence-electron chi connectivity index (χ4n) is 2.08. The van der Waals surface area contributed by atoms with Crippen LogP contribution in [0.15, 0.2) is 45.2 Å². The highest BCUT2D eigenvalue weighted by molar-refractivity contribution is 6.09. The van der Waals surface area contributed by atoms with E-state index in [4.69, 9.17) is 8.83 Å². The van der Waals surface area contributed by atoms with Crippen molar-refractivity contribution in [3.63, 3.8) is 0 Å². The number of aryl methyl sites for hydroxylation is 2. The smallest absolute Gasteiger partial charge is 0.231 e. The summed E-state index contributed by atoms with van der Waals surface area (Å²) in [6.45, 7) is 3.60. The maximum Gasteiger partial charge on any atom is 0.231 e. The van der Waals surface area contributed by atoms with Gasteiger partial charge in [0.05, 0.1) is 5.56 Å². The topological polar surface area (TPSA) is 43.4 Å². The minimum Gasteiger partial charge on any atom is -0.466 e. The monoisotopic (exact) mass is 240 g/mol. The summed E-state index contributed by atoms with van der Waals surface area (Å²) < 4.78 is 10.9. The van der Waals surface area contributed by atoms with Crippen molar-refractivity contribution in [1.29, 1.82) is 0 Å². The third kappa shape index (κ3) is 1.64. The van der Waals surface area contributed by atoms with Crippen LogP contribution in [-0.2, 0) is 0 Å². The largest absolute Gasteiger partial charge is 0.466 e. The maximum atomic E-state index is 12.3. The van der Waals surface area contributed by atoms with Gasteiger partial charge in [0, 0.05) is 5.39 Å². The van der Waals surface area contributed by atoms with Crippen LogP contribution in [0.5, 0.6) is 0 Å². The zero-order chi connectivity index (χ0) is 12.7. The highest BCUT2D eigenvalue weighted by Gasteiger charge is 2.19. The SMILES string of the molecule is Cc1cc(C(=O)c2cc3ccccc3o2)c(C)o1. The molecule has 1 aromatic carbocycles. The average Bonchev–Trinajstić information content (AvgIpc) is 2.91. The standard InChI is InChI=1S/C15H12O3/c1-9-7-12(10(2)17-9)15(16)14-8-11-5-3-4-6-13(11)18-14/h3-8H,1-2H3. The van der Waals surface area contributed by atoms with Crippen LogP contribution in [0.1, 0.15) is 27.6 Å². The van der Waals surface area contributed by atoms with Crippen LogP contribution in [0, 0.1) is 13.8 Å². The Morgan fingerprint density at radius 2 is 1.83 bits per heavy atom. The molecular formula is C15H12O3. The van der Waals surface area contributed by atoms with E-state index in [0.29, 0.717) is 17.1 Å². The van der Waals surface area contributed by atoms with Crippen molar-refractivity contribution in [2.45, 2.75) is 13.8 Å². The van der Waals surface area contributed by atoms with E-state index in [0.717, 1.165) is 16.7 Å². The Hall–Kier alpha value is -2.29. The molecule has 0 atom stereocenters. The van der Waals surface area contributed by atoms with E-state index in [2.05, 4.69) is 0 Å². The second-order valence-electron chi connectivity index (χ2n) is 4.30. The van der Waals surface area contributed by atoms with Crippen molar-refractivity contribution < 1.29 is 13.6 Å². The second-order valence-corrected chi connectivity index (χ2v) is 4.30. The molecule has 3 aromatic rings. The summed E-state index contributed by atoms with van der Waals surface area (Å²) in [6.07, 6.45) is 0. The highest BCUT2D eigenvalue weighted by Crippen LogP contribution is 2.23. The van der Waals surface area contributed by atoms with Gasteiger partial charge in [0.15, 0.2) is 5.76 Å². The first kappa shape index (κ1) is 10.8. The molecule has 18 heavy (non-hydrogen) atoms. The number of hydrogen-bond acceptors (Lipinski definition) is 3. The van der Waals surface area contributed by atoms with Crippen LogP contribution in [-0.4, -0.2) is 5.78 Å². The third-order valence-electron chi connectivity index (χ3n) is 2.93. The summed E-state index contributed by atoms with van der Waals surface area (Å²) in [5.74, 6) is 1.56. The van der Waals surface area contributed by atoms with Gasteiger partial charge in [-0.3, -0.25) is 4.79 Å². The molecule has 0 unspecified atom stereocenters. The highest BCUT2D eigenvalue weighted by atomic mass is 16.3. The first-order valence-corrected chi connectivity index (χ1v) is 5.75. The number of carbonyl (C=O) groups excluding carboxylic acids is 1. The van der Waals surface area contributed by atoms with E-state index in [-0.39, 0.29) is 5.78 Å². The molecule has 0 aliphatic heterocycles. The average molecular weight is 240 g/mol. The maximum absolute atomic E-state index is 12.3. The summed E-state index contributed by atoms with van der Waals surface area (Å²) in [4.78, 5) is 12.3.